The highest BCUT2D eigenvalue weighted by Gasteiger charge is 2.42. The molecule has 0 aliphatic carbocycles. The molecule has 1 amide bonds. The van der Waals surface area contributed by atoms with Crippen molar-refractivity contribution in [1.29, 1.82) is 0 Å². The Morgan fingerprint density at radius 2 is 2.31 bits per heavy atom. The van der Waals surface area contributed by atoms with Crippen LogP contribution in [0.25, 0.3) is 0 Å². The third-order valence-corrected chi connectivity index (χ3v) is 5.96. The minimum Gasteiger partial charge on any atom is -0.381 e. The number of amides is 1. The Morgan fingerprint density at radius 3 is 2.96 bits per heavy atom. The molecule has 1 N–H and O–H groups in total. The number of nitrogens with zero attached hydrogens (tertiary/aromatic N) is 3. The van der Waals surface area contributed by atoms with Gasteiger partial charge in [0.05, 0.1) is 6.61 Å². The minimum atomic E-state index is 0. The van der Waals surface area contributed by atoms with Crippen molar-refractivity contribution < 1.29 is 9.53 Å². The van der Waals surface area contributed by atoms with Crippen LogP contribution in [0.2, 0.25) is 0 Å². The number of likely N-dealkylation sites (tertiary alicyclic amines) is 1. The van der Waals surface area contributed by atoms with E-state index >= 15 is 0 Å². The van der Waals surface area contributed by atoms with Gasteiger partial charge in [0.1, 0.15) is 6.54 Å². The van der Waals surface area contributed by atoms with Crippen LogP contribution >= 0.6 is 35.3 Å². The Hall–Kier alpha value is -0.870. The van der Waals surface area contributed by atoms with E-state index in [1.165, 1.54) is 4.88 Å². The number of carbonyl (C=O) groups is 1. The fraction of sp³-hybridized carbons (Fsp3) is 0.667. The van der Waals surface area contributed by atoms with Crippen LogP contribution in [0.3, 0.4) is 0 Å². The van der Waals surface area contributed by atoms with E-state index in [0.29, 0.717) is 0 Å². The van der Waals surface area contributed by atoms with Crippen molar-refractivity contribution in [3.8, 4) is 0 Å². The van der Waals surface area contributed by atoms with Crippen molar-refractivity contribution in [3.63, 3.8) is 0 Å². The molecule has 2 saturated heterocycles. The number of likely N-dealkylation sites (N-methyl/N-ethyl adjacent to an activating group) is 1. The highest BCUT2D eigenvalue weighted by molar-refractivity contribution is 14.0. The van der Waals surface area contributed by atoms with Gasteiger partial charge in [-0.15, -0.1) is 35.3 Å². The van der Waals surface area contributed by atoms with Gasteiger partial charge in [-0.05, 0) is 30.7 Å². The predicted molar refractivity (Wildman–Crippen MR) is 116 cm³/mol. The van der Waals surface area contributed by atoms with Gasteiger partial charge in [-0.2, -0.15) is 0 Å². The zero-order chi connectivity index (χ0) is 17.7. The van der Waals surface area contributed by atoms with Crippen molar-refractivity contribution in [1.82, 2.24) is 15.1 Å². The molecule has 0 saturated carbocycles. The summed E-state index contributed by atoms with van der Waals surface area (Å²) in [5.74, 6) is 0.881. The zero-order valence-corrected chi connectivity index (χ0v) is 18.7. The number of ether oxygens (including phenoxy) is 1. The maximum absolute atomic E-state index is 11.9. The van der Waals surface area contributed by atoms with Crippen molar-refractivity contribution in [3.05, 3.63) is 22.4 Å². The zero-order valence-electron chi connectivity index (χ0n) is 15.6. The van der Waals surface area contributed by atoms with Crippen LogP contribution in [0, 0.1) is 5.41 Å². The summed E-state index contributed by atoms with van der Waals surface area (Å²) < 4.78 is 5.62. The second-order valence-electron chi connectivity index (χ2n) is 7.16. The highest BCUT2D eigenvalue weighted by atomic mass is 127. The van der Waals surface area contributed by atoms with E-state index < -0.39 is 0 Å². The fourth-order valence-electron chi connectivity index (χ4n) is 3.39. The molecule has 2 fully saturated rings. The van der Waals surface area contributed by atoms with Gasteiger partial charge in [0.15, 0.2) is 5.96 Å². The predicted octanol–water partition coefficient (Wildman–Crippen LogP) is 2.05. The molecule has 2 aliphatic rings. The Balaban J connectivity index is 0.00000243. The molecule has 2 aliphatic heterocycles. The van der Waals surface area contributed by atoms with Gasteiger partial charge in [0, 0.05) is 50.6 Å². The Morgan fingerprint density at radius 1 is 1.46 bits per heavy atom. The molecule has 3 rings (SSSR count). The van der Waals surface area contributed by atoms with E-state index in [1.807, 2.05) is 0 Å². The summed E-state index contributed by atoms with van der Waals surface area (Å²) in [5.41, 5.74) is 0.280. The van der Waals surface area contributed by atoms with E-state index in [9.17, 15) is 4.79 Å². The van der Waals surface area contributed by atoms with Crippen LogP contribution in [0.5, 0.6) is 0 Å². The molecule has 1 atom stereocenters. The number of thiophene rings is 1. The van der Waals surface area contributed by atoms with Crippen LogP contribution in [-0.2, 0) is 16.0 Å². The molecular formula is C18H29IN4O2S. The Bertz CT molecular complexity index is 600. The second kappa shape index (κ2) is 9.89. The maximum atomic E-state index is 11.9. The lowest BCUT2D eigenvalue weighted by Gasteiger charge is -2.25. The van der Waals surface area contributed by atoms with Crippen molar-refractivity contribution in [2.24, 2.45) is 10.4 Å². The number of hydrogen-bond acceptors (Lipinski definition) is 4. The number of guanidine groups is 1. The first-order valence-electron chi connectivity index (χ1n) is 8.92. The smallest absolute Gasteiger partial charge is 0.243 e. The van der Waals surface area contributed by atoms with Crippen LogP contribution in [-0.4, -0.2) is 75.2 Å². The average molecular weight is 492 g/mol. The number of halogens is 1. The number of carbonyl (C=O) groups excluding carboxylic acids is 1. The molecular weight excluding hydrogens is 463 g/mol. The first-order valence-corrected chi connectivity index (χ1v) is 9.80. The summed E-state index contributed by atoms with van der Waals surface area (Å²) in [7, 11) is 3.53. The lowest BCUT2D eigenvalue weighted by atomic mass is 9.87. The van der Waals surface area contributed by atoms with Gasteiger partial charge in [-0.3, -0.25) is 4.79 Å². The summed E-state index contributed by atoms with van der Waals surface area (Å²) in [6.07, 6.45) is 3.24. The molecule has 1 aromatic rings. The normalized spacial score (nSPS) is 22.5. The summed E-state index contributed by atoms with van der Waals surface area (Å²) >= 11 is 1.77. The molecule has 26 heavy (non-hydrogen) atoms. The molecule has 0 bridgehead atoms. The highest BCUT2D eigenvalue weighted by Crippen LogP contribution is 2.38. The molecule has 146 valence electrons. The summed E-state index contributed by atoms with van der Waals surface area (Å²) in [6, 6.07) is 4.23. The SMILES string of the molecule is CN(C)C(=O)CN=C(NCCc1cccs1)N1CCC2(CCOC2)C1.I. The van der Waals surface area contributed by atoms with Crippen LogP contribution in [0.15, 0.2) is 22.5 Å². The Labute approximate surface area is 177 Å². The van der Waals surface area contributed by atoms with Gasteiger partial charge in [-0.25, -0.2) is 4.99 Å². The van der Waals surface area contributed by atoms with E-state index in [4.69, 9.17) is 4.74 Å². The van der Waals surface area contributed by atoms with Gasteiger partial charge in [-0.1, -0.05) is 6.07 Å². The minimum absolute atomic E-state index is 0. The average Bonchev–Trinajstić information content (AvgIpc) is 3.34. The number of nitrogens with one attached hydrogen (secondary N) is 1. The van der Waals surface area contributed by atoms with E-state index in [-0.39, 0.29) is 41.8 Å². The molecule has 0 aromatic carbocycles. The van der Waals surface area contributed by atoms with E-state index in [1.54, 1.807) is 30.3 Å². The molecule has 1 spiro atoms. The number of hydrogen-bond donors (Lipinski definition) is 1. The molecule has 3 heterocycles. The first kappa shape index (κ1) is 21.4. The Kier molecular flexibility index (Phi) is 8.15. The molecule has 0 radical (unpaired) electrons. The molecule has 6 nitrogen and oxygen atoms in total. The van der Waals surface area contributed by atoms with Gasteiger partial charge >= 0.3 is 0 Å². The lowest BCUT2D eigenvalue weighted by molar-refractivity contribution is -0.127. The monoisotopic (exact) mass is 492 g/mol. The molecule has 1 unspecified atom stereocenters. The van der Waals surface area contributed by atoms with Gasteiger partial charge in [0.2, 0.25) is 5.91 Å². The van der Waals surface area contributed by atoms with Crippen LogP contribution in [0.1, 0.15) is 17.7 Å². The van der Waals surface area contributed by atoms with Crippen molar-refractivity contribution in [2.45, 2.75) is 19.3 Å². The maximum Gasteiger partial charge on any atom is 0.243 e. The van der Waals surface area contributed by atoms with Crippen LogP contribution < -0.4 is 5.32 Å². The topological polar surface area (TPSA) is 57.2 Å². The quantitative estimate of drug-likeness (QED) is 0.389. The number of aliphatic imine (C=N–C) groups is 1. The van der Waals surface area contributed by atoms with Crippen LogP contribution in [0.4, 0.5) is 0 Å². The number of rotatable bonds is 5. The molecule has 1 aromatic heterocycles. The van der Waals surface area contributed by atoms with E-state index in [0.717, 1.165) is 58.1 Å². The third-order valence-electron chi connectivity index (χ3n) is 5.02. The summed E-state index contributed by atoms with van der Waals surface area (Å²) in [4.78, 5) is 21.8. The lowest BCUT2D eigenvalue weighted by Crippen LogP contribution is -2.43. The van der Waals surface area contributed by atoms with Crippen molar-refractivity contribution in [2.75, 3.05) is 53.5 Å². The molecule has 8 heteroatoms. The third kappa shape index (κ3) is 5.56. The van der Waals surface area contributed by atoms with Gasteiger partial charge in [0.25, 0.3) is 0 Å². The van der Waals surface area contributed by atoms with Crippen molar-refractivity contribution >= 4 is 47.2 Å². The van der Waals surface area contributed by atoms with Gasteiger partial charge < -0.3 is 19.9 Å². The second-order valence-corrected chi connectivity index (χ2v) is 8.19. The first-order chi connectivity index (χ1) is 12.1. The summed E-state index contributed by atoms with van der Waals surface area (Å²) in [6.45, 7) is 4.68. The fourth-order valence-corrected chi connectivity index (χ4v) is 4.10. The summed E-state index contributed by atoms with van der Waals surface area (Å²) in [5, 5.41) is 5.57. The largest absolute Gasteiger partial charge is 0.381 e. The standard InChI is InChI=1S/C18H28N4O2S.HI/c1-21(2)16(23)12-20-17(19-8-5-15-4-3-11-25-15)22-9-6-18(13-22)7-10-24-14-18;/h3-4,11H,5-10,12-14H2,1-2H3,(H,19,20);1H. The van der Waals surface area contributed by atoms with E-state index in [2.05, 4.69) is 32.7 Å².